The van der Waals surface area contributed by atoms with E-state index in [0.29, 0.717) is 11.1 Å². The first-order valence-electron chi connectivity index (χ1n) is 7.61. The van der Waals surface area contributed by atoms with E-state index < -0.39 is 11.7 Å². The summed E-state index contributed by atoms with van der Waals surface area (Å²) in [4.78, 5) is 11.8. The molecule has 0 saturated heterocycles. The minimum Gasteiger partial charge on any atom is -0.396 e. The number of nitrogens with one attached hydrogen (secondary N) is 2. The van der Waals surface area contributed by atoms with Gasteiger partial charge < -0.3 is 15.7 Å². The van der Waals surface area contributed by atoms with Gasteiger partial charge in [0.25, 0.3) is 0 Å². The number of amides is 2. The van der Waals surface area contributed by atoms with E-state index in [-0.39, 0.29) is 31.1 Å². The van der Waals surface area contributed by atoms with E-state index >= 15 is 0 Å². The van der Waals surface area contributed by atoms with Gasteiger partial charge in [-0.2, -0.15) is 13.2 Å². The van der Waals surface area contributed by atoms with Gasteiger partial charge in [-0.3, -0.25) is 0 Å². The van der Waals surface area contributed by atoms with E-state index in [2.05, 4.69) is 10.6 Å². The topological polar surface area (TPSA) is 61.4 Å². The Morgan fingerprint density at radius 1 is 1.35 bits per heavy atom. The summed E-state index contributed by atoms with van der Waals surface area (Å²) in [7, 11) is 0. The maximum absolute atomic E-state index is 12.6. The van der Waals surface area contributed by atoms with Crippen molar-refractivity contribution in [3.8, 4) is 0 Å². The Kier molecular flexibility index (Phi) is 5.51. The number of aryl methyl sites for hydroxylation is 1. The van der Waals surface area contributed by atoms with Crippen LogP contribution in [0.3, 0.4) is 0 Å². The average Bonchev–Trinajstić information content (AvgIpc) is 2.92. The van der Waals surface area contributed by atoms with Gasteiger partial charge in [0.1, 0.15) is 0 Å². The number of carbonyl (C=O) groups is 1. The number of rotatable bonds is 4. The molecule has 0 unspecified atom stereocenters. The van der Waals surface area contributed by atoms with Gasteiger partial charge in [-0.1, -0.05) is 6.07 Å². The molecule has 1 aliphatic carbocycles. The smallest absolute Gasteiger partial charge is 0.396 e. The third-order valence-corrected chi connectivity index (χ3v) is 4.24. The van der Waals surface area contributed by atoms with Crippen LogP contribution in [0, 0.1) is 12.8 Å². The van der Waals surface area contributed by atoms with E-state index in [0.717, 1.165) is 31.4 Å². The summed E-state index contributed by atoms with van der Waals surface area (Å²) in [6.07, 6.45) is -1.89. The number of carbonyl (C=O) groups excluding carboxylic acids is 1. The normalized spacial score (nSPS) is 21.3. The second-order valence-electron chi connectivity index (χ2n) is 6.02. The first-order chi connectivity index (χ1) is 10.8. The van der Waals surface area contributed by atoms with Crippen LogP contribution in [-0.4, -0.2) is 23.8 Å². The first-order valence-corrected chi connectivity index (χ1v) is 7.61. The van der Waals surface area contributed by atoms with Gasteiger partial charge in [0.05, 0.1) is 5.56 Å². The number of aliphatic hydroxyl groups excluding tert-OH is 1. The van der Waals surface area contributed by atoms with Gasteiger partial charge in [-0.15, -0.1) is 0 Å². The minimum atomic E-state index is -4.36. The summed E-state index contributed by atoms with van der Waals surface area (Å²) in [5.74, 6) is 0.234. The number of aliphatic hydroxyl groups is 1. The molecule has 1 aromatic carbocycles. The zero-order valence-corrected chi connectivity index (χ0v) is 12.9. The molecule has 23 heavy (non-hydrogen) atoms. The molecule has 128 valence electrons. The lowest BCUT2D eigenvalue weighted by atomic mass is 10.0. The number of benzene rings is 1. The van der Waals surface area contributed by atoms with Gasteiger partial charge in [-0.05, 0) is 55.4 Å². The van der Waals surface area contributed by atoms with Crippen LogP contribution in [0.4, 0.5) is 18.0 Å². The molecule has 4 nitrogen and oxygen atoms in total. The Bertz CT molecular complexity index is 561. The Morgan fingerprint density at radius 3 is 2.65 bits per heavy atom. The lowest BCUT2D eigenvalue weighted by molar-refractivity contribution is -0.137. The molecule has 7 heteroatoms. The zero-order valence-electron chi connectivity index (χ0n) is 12.9. The molecule has 1 aromatic rings. The van der Waals surface area contributed by atoms with Crippen molar-refractivity contribution in [3.05, 3.63) is 34.9 Å². The average molecular weight is 330 g/mol. The van der Waals surface area contributed by atoms with Crippen molar-refractivity contribution in [2.45, 2.75) is 44.9 Å². The van der Waals surface area contributed by atoms with Crippen LogP contribution in [0.5, 0.6) is 0 Å². The van der Waals surface area contributed by atoms with Crippen LogP contribution in [0.25, 0.3) is 0 Å². The molecule has 1 saturated carbocycles. The highest BCUT2D eigenvalue weighted by molar-refractivity contribution is 5.74. The summed E-state index contributed by atoms with van der Waals surface area (Å²) in [5.41, 5.74) is 0.443. The van der Waals surface area contributed by atoms with Gasteiger partial charge in [-0.25, -0.2) is 4.79 Å². The molecule has 2 amide bonds. The second kappa shape index (κ2) is 7.21. The maximum atomic E-state index is 12.6. The molecule has 2 atom stereocenters. The van der Waals surface area contributed by atoms with Crippen LogP contribution in [-0.2, 0) is 12.7 Å². The summed E-state index contributed by atoms with van der Waals surface area (Å²) < 4.78 is 37.8. The SMILES string of the molecule is Cc1cc(C(F)(F)F)ccc1CNC(=O)N[C@H]1CC[C@@H](CO)C1. The van der Waals surface area contributed by atoms with Crippen LogP contribution >= 0.6 is 0 Å². The Morgan fingerprint density at radius 2 is 2.09 bits per heavy atom. The molecule has 0 spiro atoms. The number of hydrogen-bond acceptors (Lipinski definition) is 2. The Balaban J connectivity index is 1.85. The fourth-order valence-corrected chi connectivity index (χ4v) is 2.85. The monoisotopic (exact) mass is 330 g/mol. The summed E-state index contributed by atoms with van der Waals surface area (Å²) >= 11 is 0. The molecule has 1 fully saturated rings. The van der Waals surface area contributed by atoms with Crippen molar-refractivity contribution in [1.82, 2.24) is 10.6 Å². The van der Waals surface area contributed by atoms with Crippen molar-refractivity contribution in [3.63, 3.8) is 0 Å². The molecule has 0 bridgehead atoms. The third kappa shape index (κ3) is 4.86. The Labute approximate surface area is 133 Å². The van der Waals surface area contributed by atoms with Crippen molar-refractivity contribution < 1.29 is 23.1 Å². The number of hydrogen-bond donors (Lipinski definition) is 3. The third-order valence-electron chi connectivity index (χ3n) is 4.24. The molecule has 1 aliphatic rings. The van der Waals surface area contributed by atoms with Gasteiger partial charge in [0.15, 0.2) is 0 Å². The summed E-state index contributed by atoms with van der Waals surface area (Å²) in [6, 6.07) is 3.19. The fourth-order valence-electron chi connectivity index (χ4n) is 2.85. The predicted octanol–water partition coefficient (Wildman–Crippen LogP) is 2.97. The summed E-state index contributed by atoms with van der Waals surface area (Å²) in [5, 5.41) is 14.6. The first kappa shape index (κ1) is 17.6. The molecule has 0 radical (unpaired) electrons. The highest BCUT2D eigenvalue weighted by Gasteiger charge is 2.30. The van der Waals surface area contributed by atoms with Crippen LogP contribution in [0.1, 0.15) is 36.0 Å². The quantitative estimate of drug-likeness (QED) is 0.795. The van der Waals surface area contributed by atoms with E-state index in [9.17, 15) is 18.0 Å². The highest BCUT2D eigenvalue weighted by Crippen LogP contribution is 2.30. The van der Waals surface area contributed by atoms with Crippen molar-refractivity contribution in [2.75, 3.05) is 6.61 Å². The Hall–Kier alpha value is -1.76. The van der Waals surface area contributed by atoms with Crippen molar-refractivity contribution in [1.29, 1.82) is 0 Å². The van der Waals surface area contributed by atoms with E-state index in [1.54, 1.807) is 6.92 Å². The van der Waals surface area contributed by atoms with E-state index in [4.69, 9.17) is 5.11 Å². The zero-order chi connectivity index (χ0) is 17.0. The fraction of sp³-hybridized carbons (Fsp3) is 0.562. The number of urea groups is 1. The molecule has 3 N–H and O–H groups in total. The van der Waals surface area contributed by atoms with Crippen LogP contribution < -0.4 is 10.6 Å². The number of halogens is 3. The lowest BCUT2D eigenvalue weighted by Crippen LogP contribution is -2.40. The van der Waals surface area contributed by atoms with Gasteiger partial charge >= 0.3 is 12.2 Å². The van der Waals surface area contributed by atoms with Gasteiger partial charge in [0.2, 0.25) is 0 Å². The molecule has 0 aliphatic heterocycles. The van der Waals surface area contributed by atoms with Gasteiger partial charge in [0, 0.05) is 19.2 Å². The minimum absolute atomic E-state index is 0.0425. The largest absolute Gasteiger partial charge is 0.416 e. The predicted molar refractivity (Wildman–Crippen MR) is 79.8 cm³/mol. The molecular formula is C16H21F3N2O2. The highest BCUT2D eigenvalue weighted by atomic mass is 19.4. The molecule has 0 aromatic heterocycles. The summed E-state index contributed by atoms with van der Waals surface area (Å²) in [6.45, 7) is 1.89. The van der Waals surface area contributed by atoms with E-state index in [1.807, 2.05) is 0 Å². The number of alkyl halides is 3. The molecule has 0 heterocycles. The van der Waals surface area contributed by atoms with Crippen LogP contribution in [0.2, 0.25) is 0 Å². The lowest BCUT2D eigenvalue weighted by Gasteiger charge is -2.15. The second-order valence-corrected chi connectivity index (χ2v) is 6.02. The van der Waals surface area contributed by atoms with Crippen LogP contribution in [0.15, 0.2) is 18.2 Å². The molecule has 2 rings (SSSR count). The maximum Gasteiger partial charge on any atom is 0.416 e. The standard InChI is InChI=1S/C16H21F3N2O2/c1-10-6-13(16(17,18)19)4-3-12(10)8-20-15(23)21-14-5-2-11(7-14)9-22/h3-4,6,11,14,22H,2,5,7-9H2,1H3,(H2,20,21,23)/t11-,14+/m1/s1. The molecular weight excluding hydrogens is 309 g/mol. The van der Waals surface area contributed by atoms with Crippen molar-refractivity contribution in [2.24, 2.45) is 5.92 Å². The van der Waals surface area contributed by atoms with Crippen molar-refractivity contribution >= 4 is 6.03 Å². The van der Waals surface area contributed by atoms with E-state index in [1.165, 1.54) is 6.07 Å².